The minimum atomic E-state index is -0.377. The molecule has 0 saturated carbocycles. The van der Waals surface area contributed by atoms with Crippen LogP contribution in [0.3, 0.4) is 0 Å². The van der Waals surface area contributed by atoms with E-state index in [1.54, 1.807) is 11.8 Å². The highest BCUT2D eigenvalue weighted by Gasteiger charge is 2.22. The topological polar surface area (TPSA) is 49.9 Å². The van der Waals surface area contributed by atoms with Gasteiger partial charge in [0.1, 0.15) is 6.54 Å². The number of benzene rings is 1. The number of unbranched alkanes of at least 4 members (excludes halogenated alkanes) is 1. The predicted molar refractivity (Wildman–Crippen MR) is 102 cm³/mol. The first-order valence-electron chi connectivity index (χ1n) is 9.26. The lowest BCUT2D eigenvalue weighted by atomic mass is 10.1. The van der Waals surface area contributed by atoms with Gasteiger partial charge in [0.2, 0.25) is 0 Å². The Morgan fingerprint density at radius 3 is 2.20 bits per heavy atom. The number of anilines is 1. The van der Waals surface area contributed by atoms with E-state index in [-0.39, 0.29) is 24.5 Å². The van der Waals surface area contributed by atoms with E-state index in [0.29, 0.717) is 12.2 Å². The summed E-state index contributed by atoms with van der Waals surface area (Å²) in [5.41, 5.74) is 1.71. The largest absolute Gasteiger partial charge is 0.465 e. The molecule has 1 rings (SSSR count). The van der Waals surface area contributed by atoms with Gasteiger partial charge >= 0.3 is 5.97 Å². The SMILES string of the molecule is CCCCN(CC)c1ccc(C(=O)N(CC(=O)OCC)C(C)C)cc1. The molecule has 0 N–H and O–H groups in total. The molecular formula is C20H32N2O3. The summed E-state index contributed by atoms with van der Waals surface area (Å²) in [4.78, 5) is 28.4. The van der Waals surface area contributed by atoms with Crippen molar-refractivity contribution in [1.82, 2.24) is 4.90 Å². The molecule has 1 aromatic rings. The Balaban J connectivity index is 2.87. The summed E-state index contributed by atoms with van der Waals surface area (Å²) in [6.45, 7) is 12.1. The quantitative estimate of drug-likeness (QED) is 0.605. The van der Waals surface area contributed by atoms with Gasteiger partial charge in [-0.05, 0) is 58.4 Å². The molecule has 5 nitrogen and oxygen atoms in total. The van der Waals surface area contributed by atoms with Crippen molar-refractivity contribution in [3.05, 3.63) is 29.8 Å². The molecule has 0 saturated heterocycles. The summed E-state index contributed by atoms with van der Waals surface area (Å²) in [6.07, 6.45) is 2.31. The maximum atomic E-state index is 12.8. The monoisotopic (exact) mass is 348 g/mol. The van der Waals surface area contributed by atoms with Gasteiger partial charge in [0.25, 0.3) is 5.91 Å². The Bertz CT molecular complexity index is 540. The third kappa shape index (κ3) is 6.40. The van der Waals surface area contributed by atoms with Crippen molar-refractivity contribution in [3.63, 3.8) is 0 Å². The molecule has 140 valence electrons. The second-order valence-corrected chi connectivity index (χ2v) is 6.31. The maximum Gasteiger partial charge on any atom is 0.325 e. The van der Waals surface area contributed by atoms with Gasteiger partial charge in [-0.15, -0.1) is 0 Å². The van der Waals surface area contributed by atoms with Gasteiger partial charge in [0.05, 0.1) is 6.61 Å². The van der Waals surface area contributed by atoms with Crippen LogP contribution in [0.25, 0.3) is 0 Å². The first kappa shape index (κ1) is 21.0. The van der Waals surface area contributed by atoms with Crippen LogP contribution < -0.4 is 4.90 Å². The fraction of sp³-hybridized carbons (Fsp3) is 0.600. The molecule has 1 amide bonds. The lowest BCUT2D eigenvalue weighted by Crippen LogP contribution is -2.41. The molecule has 0 aliphatic rings. The molecular weight excluding hydrogens is 316 g/mol. The molecule has 25 heavy (non-hydrogen) atoms. The van der Waals surface area contributed by atoms with Crippen LogP contribution in [0, 0.1) is 0 Å². The van der Waals surface area contributed by atoms with Crippen LogP contribution in [0.2, 0.25) is 0 Å². The summed E-state index contributed by atoms with van der Waals surface area (Å²) in [6, 6.07) is 7.57. The fourth-order valence-corrected chi connectivity index (χ4v) is 2.63. The second kappa shape index (κ2) is 10.7. The number of rotatable bonds is 10. The van der Waals surface area contributed by atoms with Crippen molar-refractivity contribution in [2.45, 2.75) is 53.5 Å². The zero-order valence-corrected chi connectivity index (χ0v) is 16.2. The van der Waals surface area contributed by atoms with Crippen LogP contribution in [0.5, 0.6) is 0 Å². The molecule has 0 atom stereocenters. The van der Waals surface area contributed by atoms with E-state index in [1.165, 1.54) is 0 Å². The van der Waals surface area contributed by atoms with Crippen molar-refractivity contribution >= 4 is 17.6 Å². The molecule has 0 aliphatic heterocycles. The molecule has 0 heterocycles. The highest BCUT2D eigenvalue weighted by molar-refractivity contribution is 5.96. The highest BCUT2D eigenvalue weighted by atomic mass is 16.5. The van der Waals surface area contributed by atoms with Crippen molar-refractivity contribution < 1.29 is 14.3 Å². The average molecular weight is 348 g/mol. The maximum absolute atomic E-state index is 12.8. The number of carbonyl (C=O) groups is 2. The molecule has 0 fully saturated rings. The van der Waals surface area contributed by atoms with E-state index < -0.39 is 0 Å². The molecule has 0 aromatic heterocycles. The molecule has 0 radical (unpaired) electrons. The number of ether oxygens (including phenoxy) is 1. The fourth-order valence-electron chi connectivity index (χ4n) is 2.63. The Hall–Kier alpha value is -2.04. The predicted octanol–water partition coefficient (Wildman–Crippen LogP) is 3.73. The first-order chi connectivity index (χ1) is 11.9. The van der Waals surface area contributed by atoms with E-state index in [2.05, 4.69) is 18.7 Å². The van der Waals surface area contributed by atoms with Crippen LogP contribution in [0.1, 0.15) is 57.8 Å². The van der Waals surface area contributed by atoms with E-state index in [4.69, 9.17) is 4.74 Å². The summed E-state index contributed by atoms with van der Waals surface area (Å²) in [5, 5.41) is 0. The number of carbonyl (C=O) groups excluding carboxylic acids is 2. The Morgan fingerprint density at radius 1 is 1.08 bits per heavy atom. The standard InChI is InChI=1S/C20H32N2O3/c1-6-9-14-21(7-2)18-12-10-17(11-13-18)20(24)22(16(4)5)15-19(23)25-8-3/h10-13,16H,6-9,14-15H2,1-5H3. The third-order valence-corrected chi connectivity index (χ3v) is 4.13. The van der Waals surface area contributed by atoms with Crippen LogP contribution in [-0.2, 0) is 9.53 Å². The van der Waals surface area contributed by atoms with Crippen LogP contribution in [0.4, 0.5) is 5.69 Å². The lowest BCUT2D eigenvalue weighted by Gasteiger charge is -2.26. The number of hydrogen-bond acceptors (Lipinski definition) is 4. The van der Waals surface area contributed by atoms with Crippen LogP contribution in [-0.4, -0.2) is 49.1 Å². The lowest BCUT2D eigenvalue weighted by molar-refractivity contribution is -0.144. The second-order valence-electron chi connectivity index (χ2n) is 6.31. The molecule has 0 bridgehead atoms. The molecule has 5 heteroatoms. The highest BCUT2D eigenvalue weighted by Crippen LogP contribution is 2.18. The molecule has 0 aliphatic carbocycles. The van der Waals surface area contributed by atoms with E-state index in [1.807, 2.05) is 38.1 Å². The van der Waals surface area contributed by atoms with Crippen molar-refractivity contribution in [1.29, 1.82) is 0 Å². The van der Waals surface area contributed by atoms with Gasteiger partial charge < -0.3 is 14.5 Å². The minimum Gasteiger partial charge on any atom is -0.465 e. The third-order valence-electron chi connectivity index (χ3n) is 4.13. The van der Waals surface area contributed by atoms with E-state index >= 15 is 0 Å². The van der Waals surface area contributed by atoms with Gasteiger partial charge in [0, 0.05) is 30.4 Å². The van der Waals surface area contributed by atoms with Crippen molar-refractivity contribution in [3.8, 4) is 0 Å². The summed E-state index contributed by atoms with van der Waals surface area (Å²) in [7, 11) is 0. The molecule has 0 spiro atoms. The van der Waals surface area contributed by atoms with E-state index in [0.717, 1.165) is 31.6 Å². The van der Waals surface area contributed by atoms with Gasteiger partial charge in [0.15, 0.2) is 0 Å². The number of nitrogens with zero attached hydrogens (tertiary/aromatic N) is 2. The molecule has 1 aromatic carbocycles. The van der Waals surface area contributed by atoms with Gasteiger partial charge in [-0.2, -0.15) is 0 Å². The normalized spacial score (nSPS) is 10.6. The Morgan fingerprint density at radius 2 is 1.72 bits per heavy atom. The van der Waals surface area contributed by atoms with Crippen molar-refractivity contribution in [2.75, 3.05) is 31.1 Å². The summed E-state index contributed by atoms with van der Waals surface area (Å²) in [5.74, 6) is -0.524. The Labute approximate surface area is 151 Å². The zero-order chi connectivity index (χ0) is 18.8. The van der Waals surface area contributed by atoms with Gasteiger partial charge in [-0.3, -0.25) is 9.59 Å². The van der Waals surface area contributed by atoms with Crippen LogP contribution >= 0.6 is 0 Å². The molecule has 0 unspecified atom stereocenters. The average Bonchev–Trinajstić information content (AvgIpc) is 2.60. The number of amides is 1. The van der Waals surface area contributed by atoms with Gasteiger partial charge in [-0.1, -0.05) is 13.3 Å². The van der Waals surface area contributed by atoms with Crippen molar-refractivity contribution in [2.24, 2.45) is 0 Å². The summed E-state index contributed by atoms with van der Waals surface area (Å²) >= 11 is 0. The van der Waals surface area contributed by atoms with Gasteiger partial charge in [-0.25, -0.2) is 0 Å². The minimum absolute atomic E-state index is 0.0241. The Kier molecular flexibility index (Phi) is 9.03. The smallest absolute Gasteiger partial charge is 0.325 e. The summed E-state index contributed by atoms with van der Waals surface area (Å²) < 4.78 is 4.97. The number of esters is 1. The van der Waals surface area contributed by atoms with E-state index in [9.17, 15) is 9.59 Å². The van der Waals surface area contributed by atoms with Crippen LogP contribution in [0.15, 0.2) is 24.3 Å². The zero-order valence-electron chi connectivity index (χ0n) is 16.2. The first-order valence-corrected chi connectivity index (χ1v) is 9.26. The number of hydrogen-bond donors (Lipinski definition) is 0.